The Balaban J connectivity index is 1.71. The number of halogens is 3. The lowest BCUT2D eigenvalue weighted by molar-refractivity contribution is -0.146. The number of nitrogens with one attached hydrogen (secondary N) is 1. The number of hydrogen-bond donors (Lipinski definition) is 2. The van der Waals surface area contributed by atoms with Crippen LogP contribution in [0.5, 0.6) is 0 Å². The summed E-state index contributed by atoms with van der Waals surface area (Å²) in [6.07, 6.45) is -0.483. The fourth-order valence-electron chi connectivity index (χ4n) is 3.73. The van der Waals surface area contributed by atoms with Gasteiger partial charge in [0.2, 0.25) is 0 Å². The number of carbonyl (C=O) groups is 2. The Labute approximate surface area is 166 Å². The molecule has 1 amide bonds. The molecule has 0 atom stereocenters. The number of nitrogens with zero attached hydrogens (tertiary/aromatic N) is 2. The third-order valence-corrected chi connectivity index (χ3v) is 6.25. The van der Waals surface area contributed by atoms with Crippen LogP contribution in [0.4, 0.5) is 18.2 Å². The van der Waals surface area contributed by atoms with E-state index in [-0.39, 0.29) is 17.0 Å². The molecule has 0 radical (unpaired) electrons. The zero-order valence-electron chi connectivity index (χ0n) is 15.1. The molecule has 0 saturated carbocycles. The fourth-order valence-corrected chi connectivity index (χ4v) is 5.01. The van der Waals surface area contributed by atoms with Gasteiger partial charge >= 0.3 is 12.1 Å². The summed E-state index contributed by atoms with van der Waals surface area (Å²) in [6, 6.07) is 0. The molecule has 2 aliphatic carbocycles. The molecule has 2 aromatic heterocycles. The zero-order chi connectivity index (χ0) is 20.8. The van der Waals surface area contributed by atoms with E-state index < -0.39 is 23.9 Å². The van der Waals surface area contributed by atoms with Crippen LogP contribution < -0.4 is 5.32 Å². The molecule has 0 saturated heterocycles. The molecule has 0 aliphatic heterocycles. The maximum absolute atomic E-state index is 12.9. The van der Waals surface area contributed by atoms with E-state index in [4.69, 9.17) is 4.52 Å². The minimum absolute atomic E-state index is 0.0801. The molecule has 2 heterocycles. The Morgan fingerprint density at radius 1 is 1.07 bits per heavy atom. The molecule has 0 bridgehead atoms. The first kappa shape index (κ1) is 19.6. The SMILES string of the molecule is O=C(O)C1=C(C(=O)Nc2sc3c(c2-c2nc(C(F)(F)F)no2)CCC3)CCCC1. The van der Waals surface area contributed by atoms with E-state index >= 15 is 0 Å². The standard InChI is InChI=1S/C18H16F3N3O4S/c19-18(20,21)17-23-14(28-24-17)12-10-6-3-7-11(10)29-15(12)22-13(25)8-4-1-2-5-9(8)16(26)27/h1-7H2,(H,22,25)(H,26,27). The molecule has 2 N–H and O–H groups in total. The van der Waals surface area contributed by atoms with Crippen molar-refractivity contribution in [2.45, 2.75) is 51.1 Å². The van der Waals surface area contributed by atoms with Crippen LogP contribution in [0, 0.1) is 0 Å². The third-order valence-electron chi connectivity index (χ3n) is 5.04. The van der Waals surface area contributed by atoms with Gasteiger partial charge in [0, 0.05) is 16.0 Å². The van der Waals surface area contributed by atoms with Crippen LogP contribution in [0.1, 0.15) is 48.4 Å². The second-order valence-electron chi connectivity index (χ2n) is 6.91. The number of carboxylic acids is 1. The number of fused-ring (bicyclic) bond motifs is 1. The summed E-state index contributed by atoms with van der Waals surface area (Å²) >= 11 is 1.25. The molecule has 0 aromatic carbocycles. The van der Waals surface area contributed by atoms with Gasteiger partial charge in [-0.2, -0.15) is 18.2 Å². The molecular formula is C18H16F3N3O4S. The molecule has 7 nitrogen and oxygen atoms in total. The number of carbonyl (C=O) groups excluding carboxylic acids is 1. The highest BCUT2D eigenvalue weighted by Gasteiger charge is 2.38. The normalized spacial score (nSPS) is 16.8. The number of hydrogen-bond acceptors (Lipinski definition) is 6. The van der Waals surface area contributed by atoms with Gasteiger partial charge in [0.25, 0.3) is 17.6 Å². The van der Waals surface area contributed by atoms with Crippen LogP contribution in [0.3, 0.4) is 0 Å². The van der Waals surface area contributed by atoms with Crippen LogP contribution in [0.25, 0.3) is 11.5 Å². The van der Waals surface area contributed by atoms with Gasteiger partial charge < -0.3 is 14.9 Å². The number of alkyl halides is 3. The van der Waals surface area contributed by atoms with E-state index in [1.165, 1.54) is 11.3 Å². The van der Waals surface area contributed by atoms with E-state index in [0.29, 0.717) is 42.7 Å². The smallest absolute Gasteiger partial charge is 0.455 e. The lowest BCUT2D eigenvalue weighted by atomic mass is 9.91. The number of aromatic nitrogens is 2. The van der Waals surface area contributed by atoms with Gasteiger partial charge in [-0.25, -0.2) is 4.79 Å². The highest BCUT2D eigenvalue weighted by molar-refractivity contribution is 7.17. The molecule has 2 aromatic rings. The van der Waals surface area contributed by atoms with E-state index in [1.807, 2.05) is 0 Å². The monoisotopic (exact) mass is 427 g/mol. The number of aliphatic carboxylic acids is 1. The first-order chi connectivity index (χ1) is 13.8. The molecule has 11 heteroatoms. The summed E-state index contributed by atoms with van der Waals surface area (Å²) in [6.45, 7) is 0. The van der Waals surface area contributed by atoms with Crippen LogP contribution in [0.15, 0.2) is 15.7 Å². The van der Waals surface area contributed by atoms with Crippen LogP contribution in [0.2, 0.25) is 0 Å². The second kappa shape index (κ2) is 7.29. The largest absolute Gasteiger partial charge is 0.478 e. The minimum Gasteiger partial charge on any atom is -0.478 e. The van der Waals surface area contributed by atoms with Gasteiger partial charge in [0.05, 0.1) is 5.56 Å². The van der Waals surface area contributed by atoms with Crippen LogP contribution >= 0.6 is 11.3 Å². The van der Waals surface area contributed by atoms with Crippen molar-refractivity contribution in [1.82, 2.24) is 10.1 Å². The Bertz CT molecular complexity index is 1020. The summed E-state index contributed by atoms with van der Waals surface area (Å²) in [7, 11) is 0. The van der Waals surface area contributed by atoms with Crippen molar-refractivity contribution in [2.24, 2.45) is 0 Å². The van der Waals surface area contributed by atoms with Crippen molar-refractivity contribution in [3.05, 3.63) is 27.4 Å². The van der Waals surface area contributed by atoms with Crippen LogP contribution in [-0.2, 0) is 28.6 Å². The molecule has 154 valence electrons. The number of rotatable bonds is 4. The first-order valence-corrected chi connectivity index (χ1v) is 9.90. The highest BCUT2D eigenvalue weighted by atomic mass is 32.1. The summed E-state index contributed by atoms with van der Waals surface area (Å²) in [5.74, 6) is -3.37. The molecule has 2 aliphatic rings. The van der Waals surface area contributed by atoms with Crippen molar-refractivity contribution in [3.8, 4) is 11.5 Å². The van der Waals surface area contributed by atoms with E-state index in [9.17, 15) is 27.9 Å². The summed E-state index contributed by atoms with van der Waals surface area (Å²) in [5, 5.41) is 15.4. The Morgan fingerprint density at radius 2 is 1.79 bits per heavy atom. The first-order valence-electron chi connectivity index (χ1n) is 9.08. The molecular weight excluding hydrogens is 411 g/mol. The Kier molecular flexibility index (Phi) is 4.93. The Morgan fingerprint density at radius 3 is 2.45 bits per heavy atom. The van der Waals surface area contributed by atoms with E-state index in [0.717, 1.165) is 23.3 Å². The molecule has 0 fully saturated rings. The van der Waals surface area contributed by atoms with Gasteiger partial charge in [0.1, 0.15) is 5.00 Å². The summed E-state index contributed by atoms with van der Waals surface area (Å²) in [5.41, 5.74) is 1.37. The highest BCUT2D eigenvalue weighted by Crippen LogP contribution is 2.45. The summed E-state index contributed by atoms with van der Waals surface area (Å²) in [4.78, 5) is 28.6. The molecule has 29 heavy (non-hydrogen) atoms. The van der Waals surface area contributed by atoms with Gasteiger partial charge in [-0.05, 0) is 50.5 Å². The quantitative estimate of drug-likeness (QED) is 0.758. The number of carboxylic acid groups (broad SMARTS) is 1. The number of thiophene rings is 1. The van der Waals surface area contributed by atoms with E-state index in [1.54, 1.807) is 0 Å². The van der Waals surface area contributed by atoms with Crippen molar-refractivity contribution in [1.29, 1.82) is 0 Å². The molecule has 0 unspecified atom stereocenters. The molecule has 4 rings (SSSR count). The predicted octanol–water partition coefficient (Wildman–Crippen LogP) is 4.20. The zero-order valence-corrected chi connectivity index (χ0v) is 15.9. The number of amides is 1. The third kappa shape index (κ3) is 3.66. The average molecular weight is 427 g/mol. The predicted molar refractivity (Wildman–Crippen MR) is 96.4 cm³/mol. The van der Waals surface area contributed by atoms with Crippen molar-refractivity contribution in [3.63, 3.8) is 0 Å². The number of aryl methyl sites for hydroxylation is 1. The molecule has 0 spiro atoms. The lowest BCUT2D eigenvalue weighted by Crippen LogP contribution is -2.21. The van der Waals surface area contributed by atoms with Crippen molar-refractivity contribution in [2.75, 3.05) is 5.32 Å². The van der Waals surface area contributed by atoms with Gasteiger partial charge in [-0.1, -0.05) is 5.16 Å². The maximum Gasteiger partial charge on any atom is 0.455 e. The van der Waals surface area contributed by atoms with Gasteiger partial charge in [0.15, 0.2) is 0 Å². The van der Waals surface area contributed by atoms with Gasteiger partial charge in [-0.3, -0.25) is 4.79 Å². The maximum atomic E-state index is 12.9. The van der Waals surface area contributed by atoms with Crippen molar-refractivity contribution < 1.29 is 32.4 Å². The second-order valence-corrected chi connectivity index (χ2v) is 8.01. The number of anilines is 1. The topological polar surface area (TPSA) is 105 Å². The lowest BCUT2D eigenvalue weighted by Gasteiger charge is -2.17. The minimum atomic E-state index is -4.74. The summed E-state index contributed by atoms with van der Waals surface area (Å²) < 4.78 is 43.5. The van der Waals surface area contributed by atoms with Crippen molar-refractivity contribution >= 4 is 28.2 Å². The Hall–Kier alpha value is -2.69. The van der Waals surface area contributed by atoms with E-state index in [2.05, 4.69) is 15.5 Å². The van der Waals surface area contributed by atoms with Crippen LogP contribution in [-0.4, -0.2) is 27.1 Å². The fraction of sp³-hybridized carbons (Fsp3) is 0.444. The average Bonchev–Trinajstić information content (AvgIpc) is 3.36. The van der Waals surface area contributed by atoms with Gasteiger partial charge in [-0.15, -0.1) is 11.3 Å².